The van der Waals surface area contributed by atoms with E-state index in [4.69, 9.17) is 14.6 Å². The molecule has 6 heteroatoms. The number of amides is 1. The first-order valence-corrected chi connectivity index (χ1v) is 7.37. The number of carbonyl (C=O) groups is 2. The average molecular weight is 307 g/mol. The second-order valence-electron chi connectivity index (χ2n) is 5.27. The van der Waals surface area contributed by atoms with Gasteiger partial charge in [0.25, 0.3) is 0 Å². The average Bonchev–Trinajstić information content (AvgIpc) is 2.55. The second-order valence-corrected chi connectivity index (χ2v) is 5.27. The monoisotopic (exact) mass is 307 g/mol. The van der Waals surface area contributed by atoms with Crippen molar-refractivity contribution in [3.05, 3.63) is 24.3 Å². The zero-order valence-electron chi connectivity index (χ0n) is 12.7. The summed E-state index contributed by atoms with van der Waals surface area (Å²) in [4.78, 5) is 24.6. The molecule has 1 aromatic rings. The fourth-order valence-electron chi connectivity index (χ4n) is 2.46. The highest BCUT2D eigenvalue weighted by Gasteiger charge is 2.26. The standard InChI is InChI=1S/C16H21NO5/c1-21-13-2-4-14(5-3-13)22-11-8-15(18)17-9-6-12(7-10-17)16(19)20/h2-5,12H,6-11H2,1H3,(H,19,20). The van der Waals surface area contributed by atoms with Crippen molar-refractivity contribution in [1.29, 1.82) is 0 Å². The van der Waals surface area contributed by atoms with Crippen LogP contribution < -0.4 is 9.47 Å². The van der Waals surface area contributed by atoms with E-state index in [0.29, 0.717) is 44.7 Å². The van der Waals surface area contributed by atoms with Gasteiger partial charge in [0.05, 0.1) is 26.1 Å². The highest BCUT2D eigenvalue weighted by Crippen LogP contribution is 2.19. The first-order valence-electron chi connectivity index (χ1n) is 7.37. The third-order valence-corrected chi connectivity index (χ3v) is 3.84. The van der Waals surface area contributed by atoms with Crippen LogP contribution in [0.15, 0.2) is 24.3 Å². The molecule has 22 heavy (non-hydrogen) atoms. The molecule has 0 atom stereocenters. The number of hydrogen-bond acceptors (Lipinski definition) is 4. The van der Waals surface area contributed by atoms with Crippen LogP contribution in [0.25, 0.3) is 0 Å². The van der Waals surface area contributed by atoms with Gasteiger partial charge in [-0.05, 0) is 37.1 Å². The van der Waals surface area contributed by atoms with Crippen LogP contribution in [0.1, 0.15) is 19.3 Å². The molecule has 0 aliphatic carbocycles. The van der Waals surface area contributed by atoms with E-state index in [9.17, 15) is 9.59 Å². The van der Waals surface area contributed by atoms with Gasteiger partial charge in [0, 0.05) is 13.1 Å². The van der Waals surface area contributed by atoms with Gasteiger partial charge >= 0.3 is 5.97 Å². The molecule has 1 aromatic carbocycles. The molecule has 1 aliphatic rings. The Morgan fingerprint density at radius 3 is 2.32 bits per heavy atom. The molecule has 1 N–H and O–H groups in total. The van der Waals surface area contributed by atoms with E-state index in [0.717, 1.165) is 5.75 Å². The lowest BCUT2D eigenvalue weighted by Crippen LogP contribution is -2.40. The quantitative estimate of drug-likeness (QED) is 0.867. The maximum absolute atomic E-state index is 12.0. The Kier molecular flexibility index (Phi) is 5.63. The number of rotatable bonds is 6. The second kappa shape index (κ2) is 7.68. The Bertz CT molecular complexity index is 506. The molecular weight excluding hydrogens is 286 g/mol. The van der Waals surface area contributed by atoms with Crippen molar-refractivity contribution in [2.75, 3.05) is 26.8 Å². The molecule has 0 unspecified atom stereocenters. The molecule has 0 bridgehead atoms. The summed E-state index contributed by atoms with van der Waals surface area (Å²) in [6.07, 6.45) is 1.35. The van der Waals surface area contributed by atoms with Gasteiger partial charge in [-0.15, -0.1) is 0 Å². The van der Waals surface area contributed by atoms with Crippen LogP contribution >= 0.6 is 0 Å². The molecule has 1 amide bonds. The number of methoxy groups -OCH3 is 1. The number of aliphatic carboxylic acids is 1. The molecule has 1 heterocycles. The van der Waals surface area contributed by atoms with Crippen molar-refractivity contribution in [2.24, 2.45) is 5.92 Å². The normalized spacial score (nSPS) is 15.4. The minimum Gasteiger partial charge on any atom is -0.497 e. The number of carboxylic acid groups (broad SMARTS) is 1. The Hall–Kier alpha value is -2.24. The summed E-state index contributed by atoms with van der Waals surface area (Å²) in [6, 6.07) is 7.19. The fourth-order valence-corrected chi connectivity index (χ4v) is 2.46. The molecule has 2 rings (SSSR count). The molecule has 0 radical (unpaired) electrons. The number of hydrogen-bond donors (Lipinski definition) is 1. The number of nitrogens with zero attached hydrogens (tertiary/aromatic N) is 1. The van der Waals surface area contributed by atoms with Crippen LogP contribution in [-0.4, -0.2) is 48.7 Å². The number of carbonyl (C=O) groups excluding carboxylic acids is 1. The number of likely N-dealkylation sites (tertiary alicyclic amines) is 1. The molecular formula is C16H21NO5. The van der Waals surface area contributed by atoms with Gasteiger partial charge in [0.1, 0.15) is 11.5 Å². The van der Waals surface area contributed by atoms with E-state index >= 15 is 0 Å². The van der Waals surface area contributed by atoms with Crippen molar-refractivity contribution in [2.45, 2.75) is 19.3 Å². The molecule has 0 spiro atoms. The lowest BCUT2D eigenvalue weighted by Gasteiger charge is -2.30. The lowest BCUT2D eigenvalue weighted by molar-refractivity contribution is -0.145. The van der Waals surface area contributed by atoms with E-state index in [-0.39, 0.29) is 11.8 Å². The van der Waals surface area contributed by atoms with Crippen LogP contribution in [0.3, 0.4) is 0 Å². The van der Waals surface area contributed by atoms with E-state index < -0.39 is 5.97 Å². The first-order chi connectivity index (χ1) is 10.6. The largest absolute Gasteiger partial charge is 0.497 e. The van der Waals surface area contributed by atoms with Crippen molar-refractivity contribution < 1.29 is 24.2 Å². The van der Waals surface area contributed by atoms with Gasteiger partial charge in [-0.1, -0.05) is 0 Å². The number of ether oxygens (including phenoxy) is 2. The molecule has 6 nitrogen and oxygen atoms in total. The minimum atomic E-state index is -0.769. The summed E-state index contributed by atoms with van der Waals surface area (Å²) >= 11 is 0. The number of benzene rings is 1. The highest BCUT2D eigenvalue weighted by atomic mass is 16.5. The number of carboxylic acids is 1. The summed E-state index contributed by atoms with van der Waals surface area (Å²) < 4.78 is 10.6. The van der Waals surface area contributed by atoms with E-state index in [2.05, 4.69) is 0 Å². The fraction of sp³-hybridized carbons (Fsp3) is 0.500. The lowest BCUT2D eigenvalue weighted by atomic mass is 9.97. The van der Waals surface area contributed by atoms with Crippen LogP contribution in [0, 0.1) is 5.92 Å². The Morgan fingerprint density at radius 1 is 1.18 bits per heavy atom. The molecule has 0 saturated carbocycles. The van der Waals surface area contributed by atoms with Gasteiger partial charge in [-0.2, -0.15) is 0 Å². The molecule has 120 valence electrons. The third-order valence-electron chi connectivity index (χ3n) is 3.84. The SMILES string of the molecule is COc1ccc(OCCC(=O)N2CCC(C(=O)O)CC2)cc1. The summed E-state index contributed by atoms with van der Waals surface area (Å²) in [7, 11) is 1.60. The summed E-state index contributed by atoms with van der Waals surface area (Å²) in [5, 5.41) is 8.94. The van der Waals surface area contributed by atoms with E-state index in [1.54, 1.807) is 36.3 Å². The topological polar surface area (TPSA) is 76.1 Å². The predicted molar refractivity (Wildman–Crippen MR) is 80.0 cm³/mol. The van der Waals surface area contributed by atoms with E-state index in [1.165, 1.54) is 0 Å². The Morgan fingerprint density at radius 2 is 1.77 bits per heavy atom. The maximum atomic E-state index is 12.0. The van der Waals surface area contributed by atoms with Crippen LogP contribution in [0.4, 0.5) is 0 Å². The maximum Gasteiger partial charge on any atom is 0.306 e. The smallest absolute Gasteiger partial charge is 0.306 e. The van der Waals surface area contributed by atoms with Crippen LogP contribution in [-0.2, 0) is 9.59 Å². The van der Waals surface area contributed by atoms with Gasteiger partial charge < -0.3 is 19.5 Å². The minimum absolute atomic E-state index is 0.0114. The predicted octanol–water partition coefficient (Wildman–Crippen LogP) is 1.79. The van der Waals surface area contributed by atoms with Crippen molar-refractivity contribution in [3.63, 3.8) is 0 Å². The summed E-state index contributed by atoms with van der Waals surface area (Å²) in [5.74, 6) is 0.370. The molecule has 1 saturated heterocycles. The zero-order chi connectivity index (χ0) is 15.9. The van der Waals surface area contributed by atoms with Gasteiger partial charge in [0.2, 0.25) is 5.91 Å². The number of piperidine rings is 1. The van der Waals surface area contributed by atoms with Crippen molar-refractivity contribution >= 4 is 11.9 Å². The zero-order valence-corrected chi connectivity index (χ0v) is 12.7. The van der Waals surface area contributed by atoms with Crippen molar-refractivity contribution in [3.8, 4) is 11.5 Å². The van der Waals surface area contributed by atoms with Gasteiger partial charge in [-0.25, -0.2) is 0 Å². The van der Waals surface area contributed by atoms with Crippen LogP contribution in [0.5, 0.6) is 11.5 Å². The van der Waals surface area contributed by atoms with Crippen molar-refractivity contribution in [1.82, 2.24) is 4.90 Å². The highest BCUT2D eigenvalue weighted by molar-refractivity contribution is 5.77. The van der Waals surface area contributed by atoms with E-state index in [1.807, 2.05) is 0 Å². The van der Waals surface area contributed by atoms with Gasteiger partial charge in [0.15, 0.2) is 0 Å². The Labute approximate surface area is 129 Å². The van der Waals surface area contributed by atoms with Crippen LogP contribution in [0.2, 0.25) is 0 Å². The first kappa shape index (κ1) is 16.1. The molecule has 1 fully saturated rings. The molecule has 1 aliphatic heterocycles. The molecule has 0 aromatic heterocycles. The summed E-state index contributed by atoms with van der Waals surface area (Å²) in [5.41, 5.74) is 0. The Balaban J connectivity index is 1.70. The summed E-state index contributed by atoms with van der Waals surface area (Å²) in [6.45, 7) is 1.33. The van der Waals surface area contributed by atoms with Gasteiger partial charge in [-0.3, -0.25) is 9.59 Å². The third kappa shape index (κ3) is 4.38.